The van der Waals surface area contributed by atoms with Crippen LogP contribution in [0.5, 0.6) is 0 Å². The van der Waals surface area contributed by atoms with Crippen molar-refractivity contribution in [2.75, 3.05) is 0 Å². The van der Waals surface area contributed by atoms with Gasteiger partial charge < -0.3 is 5.32 Å². The summed E-state index contributed by atoms with van der Waals surface area (Å²) < 4.78 is 0.907. The Morgan fingerprint density at radius 1 is 1.27 bits per heavy atom. The van der Waals surface area contributed by atoms with Crippen LogP contribution in [0.25, 0.3) is 0 Å². The molecule has 0 aromatic carbocycles. The van der Waals surface area contributed by atoms with E-state index in [4.69, 9.17) is 12.2 Å². The van der Waals surface area contributed by atoms with Crippen LogP contribution in [0.4, 0.5) is 0 Å². The van der Waals surface area contributed by atoms with Gasteiger partial charge in [0.05, 0.1) is 0 Å². The molecule has 0 rings (SSSR count). The van der Waals surface area contributed by atoms with E-state index >= 15 is 0 Å². The van der Waals surface area contributed by atoms with Crippen molar-refractivity contribution in [3.05, 3.63) is 0 Å². The van der Waals surface area contributed by atoms with Crippen LogP contribution >= 0.6 is 24.0 Å². The van der Waals surface area contributed by atoms with Crippen molar-refractivity contribution in [3.63, 3.8) is 0 Å². The van der Waals surface area contributed by atoms with Crippen molar-refractivity contribution in [1.82, 2.24) is 5.32 Å². The zero-order valence-electron chi connectivity index (χ0n) is 7.27. The Morgan fingerprint density at radius 3 is 2.00 bits per heavy atom. The van der Waals surface area contributed by atoms with Crippen LogP contribution in [0, 0.1) is 0 Å². The third-order valence-corrected chi connectivity index (χ3v) is 1.96. The Labute approximate surface area is 89.6 Å². The maximum atomic E-state index is 5.06. The second-order valence-corrected chi connectivity index (χ2v) is 5.01. The van der Waals surface area contributed by atoms with E-state index in [-0.39, 0.29) is 17.1 Å². The molecular weight excluding hydrogens is 226 g/mol. The maximum Gasteiger partial charge on any atom is 0.134 e. The van der Waals surface area contributed by atoms with E-state index in [9.17, 15) is 0 Å². The van der Waals surface area contributed by atoms with Gasteiger partial charge in [0.25, 0.3) is 0 Å². The molecule has 0 heterocycles. The molecule has 0 amide bonds. The molecule has 0 saturated carbocycles. The van der Waals surface area contributed by atoms with Gasteiger partial charge in [-0.25, -0.2) is 0 Å². The zero-order chi connectivity index (χ0) is 8.15. The molecule has 0 atom stereocenters. The normalized spacial score (nSPS) is 9.64. The number of rotatable bonds is 2. The Bertz CT molecular complexity index is 103. The third-order valence-electron chi connectivity index (χ3n) is 0.749. The first kappa shape index (κ1) is 14.3. The van der Waals surface area contributed by atoms with Crippen molar-refractivity contribution >= 4 is 28.3 Å². The van der Waals surface area contributed by atoms with E-state index < -0.39 is 0 Å². The Hall–Kier alpha value is 0.759. The Balaban J connectivity index is 0. The van der Waals surface area contributed by atoms with Gasteiger partial charge in [0, 0.05) is 28.4 Å². The molecule has 11 heavy (non-hydrogen) atoms. The van der Waals surface area contributed by atoms with Gasteiger partial charge in [-0.2, -0.15) is 0 Å². The van der Waals surface area contributed by atoms with Crippen LogP contribution in [0.15, 0.2) is 0 Å². The number of nitrogens with one attached hydrogen (secondary N) is 1. The molecular formula is C7H15CuNS2. The van der Waals surface area contributed by atoms with Crippen molar-refractivity contribution in [1.29, 1.82) is 0 Å². The second-order valence-electron chi connectivity index (χ2n) is 2.75. The van der Waals surface area contributed by atoms with Gasteiger partial charge in [-0.05, 0) is 13.8 Å². The van der Waals surface area contributed by atoms with Gasteiger partial charge in [0.15, 0.2) is 0 Å². The number of hydrogen-bond acceptors (Lipinski definition) is 2. The fourth-order valence-corrected chi connectivity index (χ4v) is 2.03. The van der Waals surface area contributed by atoms with Crippen molar-refractivity contribution in [2.24, 2.45) is 0 Å². The van der Waals surface area contributed by atoms with Crippen LogP contribution in [0.2, 0.25) is 0 Å². The predicted molar refractivity (Wildman–Crippen MR) is 53.6 cm³/mol. The molecule has 0 aliphatic rings. The minimum absolute atomic E-state index is 0. The Morgan fingerprint density at radius 2 is 1.73 bits per heavy atom. The third kappa shape index (κ3) is 10.8. The molecule has 0 bridgehead atoms. The summed E-state index contributed by atoms with van der Waals surface area (Å²) in [7, 11) is 0. The Kier molecular flexibility index (Phi) is 9.63. The van der Waals surface area contributed by atoms with Crippen molar-refractivity contribution in [3.8, 4) is 0 Å². The van der Waals surface area contributed by atoms with E-state index in [0.717, 1.165) is 4.32 Å². The summed E-state index contributed by atoms with van der Waals surface area (Å²) in [6, 6.07) is 0.457. The molecule has 1 N–H and O–H groups in total. The van der Waals surface area contributed by atoms with E-state index in [2.05, 4.69) is 33.0 Å². The monoisotopic (exact) mass is 240 g/mol. The first-order valence-corrected chi connectivity index (χ1v) is 4.78. The van der Waals surface area contributed by atoms with Crippen LogP contribution in [0.3, 0.4) is 0 Å². The van der Waals surface area contributed by atoms with Gasteiger partial charge in [-0.1, -0.05) is 37.8 Å². The minimum atomic E-state index is 0. The average molecular weight is 241 g/mol. The van der Waals surface area contributed by atoms with Gasteiger partial charge in [0.2, 0.25) is 0 Å². The second kappa shape index (κ2) is 7.41. The van der Waals surface area contributed by atoms with Crippen LogP contribution < -0.4 is 5.32 Å². The minimum Gasteiger partial charge on any atom is -0.369 e. The molecule has 0 saturated heterocycles. The molecule has 0 fully saturated rings. The summed E-state index contributed by atoms with van der Waals surface area (Å²) in [5.41, 5.74) is 0. The SMILES string of the molecule is CC(C)NC(=S)SC(C)C.[Cu]. The fourth-order valence-electron chi connectivity index (χ4n) is 0.484. The van der Waals surface area contributed by atoms with Crippen LogP contribution in [-0.2, 0) is 17.1 Å². The molecule has 0 spiro atoms. The smallest absolute Gasteiger partial charge is 0.134 e. The summed E-state index contributed by atoms with van der Waals surface area (Å²) in [6.45, 7) is 8.46. The first-order valence-electron chi connectivity index (χ1n) is 3.49. The van der Waals surface area contributed by atoms with E-state index in [0.29, 0.717) is 11.3 Å². The van der Waals surface area contributed by atoms with Crippen molar-refractivity contribution < 1.29 is 17.1 Å². The molecule has 0 aliphatic heterocycles. The van der Waals surface area contributed by atoms with Gasteiger partial charge in [-0.15, -0.1) is 0 Å². The largest absolute Gasteiger partial charge is 0.369 e. The van der Waals surface area contributed by atoms with E-state index in [1.807, 2.05) is 0 Å². The standard InChI is InChI=1S/C7H15NS2.Cu/c1-5(2)8-7(9)10-6(3)4;/h5-6H,1-4H3,(H,8,9);. The quantitative estimate of drug-likeness (QED) is 0.588. The molecule has 4 heteroatoms. The van der Waals surface area contributed by atoms with Gasteiger partial charge >= 0.3 is 0 Å². The maximum absolute atomic E-state index is 5.06. The molecule has 1 nitrogen and oxygen atoms in total. The molecule has 1 radical (unpaired) electrons. The molecule has 0 aromatic rings. The van der Waals surface area contributed by atoms with Crippen molar-refractivity contribution in [2.45, 2.75) is 39.0 Å². The molecule has 0 aromatic heterocycles. The van der Waals surface area contributed by atoms with E-state index in [1.165, 1.54) is 0 Å². The van der Waals surface area contributed by atoms with Gasteiger partial charge in [0.1, 0.15) is 4.32 Å². The summed E-state index contributed by atoms with van der Waals surface area (Å²) in [5, 5.41) is 3.75. The molecule has 0 aliphatic carbocycles. The summed E-state index contributed by atoms with van der Waals surface area (Å²) in [6.07, 6.45) is 0. The number of thioether (sulfide) groups is 1. The van der Waals surface area contributed by atoms with E-state index in [1.54, 1.807) is 11.8 Å². The van der Waals surface area contributed by atoms with Crippen LogP contribution in [-0.4, -0.2) is 15.6 Å². The first-order chi connectivity index (χ1) is 4.52. The summed E-state index contributed by atoms with van der Waals surface area (Å²) in [5.74, 6) is 0. The topological polar surface area (TPSA) is 12.0 Å². The summed E-state index contributed by atoms with van der Waals surface area (Å²) in [4.78, 5) is 0. The fraction of sp³-hybridized carbons (Fsp3) is 0.857. The summed E-state index contributed by atoms with van der Waals surface area (Å²) >= 11 is 6.76. The predicted octanol–water partition coefficient (Wildman–Crippen LogP) is 2.41. The molecule has 71 valence electrons. The zero-order valence-corrected chi connectivity index (χ0v) is 9.85. The number of hydrogen-bond donors (Lipinski definition) is 1. The number of thiocarbonyl (C=S) groups is 1. The average Bonchev–Trinajstić information content (AvgIpc) is 1.58. The van der Waals surface area contributed by atoms with Crippen LogP contribution in [0.1, 0.15) is 27.7 Å². The molecule has 0 unspecified atom stereocenters. The van der Waals surface area contributed by atoms with Gasteiger partial charge in [-0.3, -0.25) is 0 Å².